The summed E-state index contributed by atoms with van der Waals surface area (Å²) in [6, 6.07) is 9.09. The molecular weight excluding hydrogens is 324 g/mol. The quantitative estimate of drug-likeness (QED) is 0.515. The summed E-state index contributed by atoms with van der Waals surface area (Å²) in [5.41, 5.74) is 1.04. The molecule has 1 N–H and O–H groups in total. The average Bonchev–Trinajstić information content (AvgIpc) is 3.10. The number of aliphatic carboxylic acids is 1. The van der Waals surface area contributed by atoms with Gasteiger partial charge >= 0.3 is 5.97 Å². The number of carboxylic acid groups (broad SMARTS) is 1. The van der Waals surface area contributed by atoms with Crippen molar-refractivity contribution in [3.8, 4) is 11.5 Å². The summed E-state index contributed by atoms with van der Waals surface area (Å²) in [4.78, 5) is 12.3. The molecule has 4 nitrogen and oxygen atoms in total. The van der Waals surface area contributed by atoms with E-state index in [-0.39, 0.29) is 5.57 Å². The Bertz CT molecular complexity index is 689. The second-order valence-corrected chi connectivity index (χ2v) is 6.25. The maximum absolute atomic E-state index is 11.5. The number of rotatable bonds is 9. The van der Waals surface area contributed by atoms with Gasteiger partial charge in [0.05, 0.1) is 19.3 Å². The molecule has 2 aromatic rings. The van der Waals surface area contributed by atoms with Gasteiger partial charge in [0, 0.05) is 4.88 Å². The molecule has 0 unspecified atom stereocenters. The molecule has 0 saturated heterocycles. The lowest BCUT2D eigenvalue weighted by Crippen LogP contribution is -2.00. The SMILES string of the molecule is CCCCCOc1cc(/C=C(/C(=O)O)c2cccs2)ccc1OC. The van der Waals surface area contributed by atoms with Gasteiger partial charge < -0.3 is 14.6 Å². The Balaban J connectivity index is 2.26. The van der Waals surface area contributed by atoms with E-state index >= 15 is 0 Å². The Morgan fingerprint density at radius 3 is 2.71 bits per heavy atom. The second kappa shape index (κ2) is 9.13. The van der Waals surface area contributed by atoms with Crippen LogP contribution in [0.4, 0.5) is 0 Å². The van der Waals surface area contributed by atoms with E-state index in [2.05, 4.69) is 6.92 Å². The Morgan fingerprint density at radius 2 is 2.08 bits per heavy atom. The topological polar surface area (TPSA) is 55.8 Å². The molecule has 0 spiro atoms. The first-order valence-electron chi connectivity index (χ1n) is 7.95. The summed E-state index contributed by atoms with van der Waals surface area (Å²) in [5.74, 6) is 0.341. The van der Waals surface area contributed by atoms with Crippen molar-refractivity contribution in [3.05, 3.63) is 46.2 Å². The van der Waals surface area contributed by atoms with Crippen molar-refractivity contribution >= 4 is 29.0 Å². The normalized spacial score (nSPS) is 11.3. The summed E-state index contributed by atoms with van der Waals surface area (Å²) >= 11 is 1.40. The number of benzene rings is 1. The first-order chi connectivity index (χ1) is 11.7. The molecule has 2 rings (SSSR count). The number of methoxy groups -OCH3 is 1. The molecule has 0 saturated carbocycles. The van der Waals surface area contributed by atoms with Crippen molar-refractivity contribution in [1.29, 1.82) is 0 Å². The van der Waals surface area contributed by atoms with E-state index in [4.69, 9.17) is 9.47 Å². The van der Waals surface area contributed by atoms with Gasteiger partial charge in [-0.15, -0.1) is 11.3 Å². The highest BCUT2D eigenvalue weighted by molar-refractivity contribution is 7.11. The maximum Gasteiger partial charge on any atom is 0.337 e. The molecular formula is C19H22O4S. The van der Waals surface area contributed by atoms with Gasteiger partial charge in [0.25, 0.3) is 0 Å². The van der Waals surface area contributed by atoms with Gasteiger partial charge in [-0.05, 0) is 41.6 Å². The molecule has 0 fully saturated rings. The number of carbonyl (C=O) groups is 1. The number of hydrogen-bond donors (Lipinski definition) is 1. The molecule has 0 aliphatic heterocycles. The zero-order chi connectivity index (χ0) is 17.4. The zero-order valence-corrected chi connectivity index (χ0v) is 14.8. The molecule has 0 bridgehead atoms. The third kappa shape index (κ3) is 4.86. The van der Waals surface area contributed by atoms with E-state index in [0.717, 1.165) is 29.7 Å². The van der Waals surface area contributed by atoms with Crippen molar-refractivity contribution in [2.24, 2.45) is 0 Å². The smallest absolute Gasteiger partial charge is 0.337 e. The van der Waals surface area contributed by atoms with Gasteiger partial charge in [-0.2, -0.15) is 0 Å². The molecule has 0 aliphatic rings. The number of ether oxygens (including phenoxy) is 2. The Hall–Kier alpha value is -2.27. The second-order valence-electron chi connectivity index (χ2n) is 5.31. The van der Waals surface area contributed by atoms with E-state index in [0.29, 0.717) is 18.1 Å². The zero-order valence-electron chi connectivity index (χ0n) is 14.0. The fourth-order valence-corrected chi connectivity index (χ4v) is 3.00. The lowest BCUT2D eigenvalue weighted by Gasteiger charge is -2.11. The van der Waals surface area contributed by atoms with Gasteiger partial charge in [-0.25, -0.2) is 4.79 Å². The highest BCUT2D eigenvalue weighted by Gasteiger charge is 2.12. The van der Waals surface area contributed by atoms with Crippen molar-refractivity contribution in [3.63, 3.8) is 0 Å². The predicted octanol–water partition coefficient (Wildman–Crippen LogP) is 4.95. The van der Waals surface area contributed by atoms with Gasteiger partial charge in [0.1, 0.15) is 0 Å². The third-order valence-corrected chi connectivity index (χ3v) is 4.42. The molecule has 5 heteroatoms. The van der Waals surface area contributed by atoms with Gasteiger partial charge in [0.2, 0.25) is 0 Å². The fraction of sp³-hybridized carbons (Fsp3) is 0.316. The Labute approximate surface area is 146 Å². The molecule has 0 radical (unpaired) electrons. The van der Waals surface area contributed by atoms with E-state index < -0.39 is 5.97 Å². The van der Waals surface area contributed by atoms with Crippen LogP contribution in [0.25, 0.3) is 11.6 Å². The van der Waals surface area contributed by atoms with Crippen LogP contribution < -0.4 is 9.47 Å². The molecule has 0 amide bonds. The Kier molecular flexibility index (Phi) is 6.88. The lowest BCUT2D eigenvalue weighted by molar-refractivity contribution is -0.130. The average molecular weight is 346 g/mol. The van der Waals surface area contributed by atoms with Gasteiger partial charge in [0.15, 0.2) is 11.5 Å². The van der Waals surface area contributed by atoms with E-state index in [1.54, 1.807) is 25.3 Å². The molecule has 1 heterocycles. The molecule has 0 aliphatic carbocycles. The maximum atomic E-state index is 11.5. The van der Waals surface area contributed by atoms with Crippen molar-refractivity contribution in [2.45, 2.75) is 26.2 Å². The highest BCUT2D eigenvalue weighted by Crippen LogP contribution is 2.31. The van der Waals surface area contributed by atoms with Gasteiger partial charge in [-0.1, -0.05) is 31.9 Å². The van der Waals surface area contributed by atoms with Crippen molar-refractivity contribution in [2.75, 3.05) is 13.7 Å². The summed E-state index contributed by atoms with van der Waals surface area (Å²) < 4.78 is 11.1. The standard InChI is InChI=1S/C19H22O4S/c1-3-4-5-10-23-17-13-14(8-9-16(17)22-2)12-15(19(20)21)18-7-6-11-24-18/h6-9,11-13H,3-5,10H2,1-2H3,(H,20,21)/b15-12+. The number of thiophene rings is 1. The third-order valence-electron chi connectivity index (χ3n) is 3.52. The predicted molar refractivity (Wildman–Crippen MR) is 97.8 cm³/mol. The van der Waals surface area contributed by atoms with Crippen LogP contribution in [0.3, 0.4) is 0 Å². The van der Waals surface area contributed by atoms with Crippen LogP contribution in [0, 0.1) is 0 Å². The number of unbranched alkanes of at least 4 members (excludes halogenated alkanes) is 2. The van der Waals surface area contributed by atoms with Crippen LogP contribution in [0.1, 0.15) is 36.6 Å². The van der Waals surface area contributed by atoms with E-state index in [1.165, 1.54) is 11.3 Å². The highest BCUT2D eigenvalue weighted by atomic mass is 32.1. The van der Waals surface area contributed by atoms with Crippen LogP contribution in [-0.4, -0.2) is 24.8 Å². The number of carboxylic acids is 1. The monoisotopic (exact) mass is 346 g/mol. The fourth-order valence-electron chi connectivity index (χ4n) is 2.27. The summed E-state index contributed by atoms with van der Waals surface area (Å²) in [6.45, 7) is 2.76. The molecule has 24 heavy (non-hydrogen) atoms. The molecule has 128 valence electrons. The summed E-state index contributed by atoms with van der Waals surface area (Å²) in [6.07, 6.45) is 4.89. The Morgan fingerprint density at radius 1 is 1.25 bits per heavy atom. The van der Waals surface area contributed by atoms with Crippen LogP contribution in [0.15, 0.2) is 35.7 Å². The summed E-state index contributed by atoms with van der Waals surface area (Å²) in [7, 11) is 1.60. The molecule has 0 atom stereocenters. The lowest BCUT2D eigenvalue weighted by atomic mass is 10.1. The van der Waals surface area contributed by atoms with Crippen molar-refractivity contribution < 1.29 is 19.4 Å². The van der Waals surface area contributed by atoms with Crippen LogP contribution in [0.2, 0.25) is 0 Å². The first-order valence-corrected chi connectivity index (χ1v) is 8.83. The van der Waals surface area contributed by atoms with Crippen molar-refractivity contribution in [1.82, 2.24) is 0 Å². The van der Waals surface area contributed by atoms with E-state index in [1.807, 2.05) is 23.6 Å². The largest absolute Gasteiger partial charge is 0.493 e. The van der Waals surface area contributed by atoms with Crippen LogP contribution in [-0.2, 0) is 4.79 Å². The minimum atomic E-state index is -0.946. The molecule has 1 aromatic carbocycles. The first kappa shape index (κ1) is 18.1. The van der Waals surface area contributed by atoms with E-state index in [9.17, 15) is 9.90 Å². The molecule has 1 aromatic heterocycles. The van der Waals surface area contributed by atoms with Gasteiger partial charge in [-0.3, -0.25) is 0 Å². The minimum Gasteiger partial charge on any atom is -0.493 e. The minimum absolute atomic E-state index is 0.270. The van der Waals surface area contributed by atoms with Crippen LogP contribution >= 0.6 is 11.3 Å². The van der Waals surface area contributed by atoms with Crippen LogP contribution in [0.5, 0.6) is 11.5 Å². The number of hydrogen-bond acceptors (Lipinski definition) is 4. The summed E-state index contributed by atoms with van der Waals surface area (Å²) in [5, 5.41) is 11.3.